The van der Waals surface area contributed by atoms with Gasteiger partial charge in [-0.05, 0) is 51.0 Å². The van der Waals surface area contributed by atoms with Crippen LogP contribution in [0.25, 0.3) is 6.08 Å². The highest BCUT2D eigenvalue weighted by Gasteiger charge is 2.25. The van der Waals surface area contributed by atoms with E-state index in [0.717, 1.165) is 11.3 Å². The van der Waals surface area contributed by atoms with E-state index in [-0.39, 0.29) is 12.3 Å². The molecule has 160 valence electrons. The molecule has 0 spiro atoms. The van der Waals surface area contributed by atoms with E-state index in [2.05, 4.69) is 0 Å². The number of carbonyl (C=O) groups excluding carboxylic acids is 2. The van der Waals surface area contributed by atoms with Crippen molar-refractivity contribution in [1.29, 1.82) is 0 Å². The minimum atomic E-state index is -1.23. The second kappa shape index (κ2) is 9.91. The van der Waals surface area contributed by atoms with Crippen LogP contribution in [-0.4, -0.2) is 41.2 Å². The zero-order chi connectivity index (χ0) is 22.4. The summed E-state index contributed by atoms with van der Waals surface area (Å²) in [4.78, 5) is 36.2. The maximum Gasteiger partial charge on any atom is 0.341 e. The molecule has 0 unspecified atom stereocenters. The van der Waals surface area contributed by atoms with Gasteiger partial charge in [0.05, 0.1) is 19.3 Å². The highest BCUT2D eigenvalue weighted by atomic mass is 16.5. The number of allylic oxidation sites excluding steroid dienone is 1. The first-order valence-electron chi connectivity index (χ1n) is 9.63. The standard InChI is InChI=1S/C23H27NO6/c1-6-20-19(11-15(3)29-5)18(12-22(27)30-13-21(25)26)16(4)24(20)23(28)17-9-7-14(2)8-10-17/h7-11H,6,12-13H2,1-5H3,(H,25,26)/b15-11+. The van der Waals surface area contributed by atoms with Gasteiger partial charge < -0.3 is 14.6 Å². The van der Waals surface area contributed by atoms with E-state index in [0.29, 0.717) is 34.6 Å². The average molecular weight is 413 g/mol. The predicted molar refractivity (Wildman–Crippen MR) is 112 cm³/mol. The molecule has 7 heteroatoms. The van der Waals surface area contributed by atoms with Gasteiger partial charge in [-0.1, -0.05) is 24.6 Å². The van der Waals surface area contributed by atoms with Crippen molar-refractivity contribution in [3.63, 3.8) is 0 Å². The van der Waals surface area contributed by atoms with Crippen LogP contribution in [0.1, 0.15) is 52.3 Å². The van der Waals surface area contributed by atoms with Crippen LogP contribution < -0.4 is 0 Å². The Hall–Kier alpha value is -3.35. The number of methoxy groups -OCH3 is 1. The highest BCUT2D eigenvalue weighted by Crippen LogP contribution is 2.28. The van der Waals surface area contributed by atoms with Crippen molar-refractivity contribution in [2.45, 2.75) is 40.5 Å². The number of ether oxygens (including phenoxy) is 2. The lowest BCUT2D eigenvalue weighted by atomic mass is 10.0. The molecule has 1 N–H and O–H groups in total. The summed E-state index contributed by atoms with van der Waals surface area (Å²) in [6, 6.07) is 7.29. The normalized spacial score (nSPS) is 11.3. The van der Waals surface area contributed by atoms with Crippen LogP contribution in [0.15, 0.2) is 30.0 Å². The summed E-state index contributed by atoms with van der Waals surface area (Å²) in [6.07, 6.45) is 2.18. The highest BCUT2D eigenvalue weighted by molar-refractivity contribution is 5.98. The lowest BCUT2D eigenvalue weighted by Crippen LogP contribution is -2.17. The third-order valence-corrected chi connectivity index (χ3v) is 4.86. The summed E-state index contributed by atoms with van der Waals surface area (Å²) in [5.41, 5.74) is 4.26. The summed E-state index contributed by atoms with van der Waals surface area (Å²) in [7, 11) is 1.54. The molecule has 0 saturated carbocycles. The number of benzene rings is 1. The fraction of sp³-hybridized carbons (Fsp3) is 0.348. The third-order valence-electron chi connectivity index (χ3n) is 4.86. The van der Waals surface area contributed by atoms with Gasteiger partial charge in [-0.3, -0.25) is 14.2 Å². The molecule has 7 nitrogen and oxygen atoms in total. The second-order valence-corrected chi connectivity index (χ2v) is 6.97. The minimum Gasteiger partial charge on any atom is -0.501 e. The average Bonchev–Trinajstić information content (AvgIpc) is 2.97. The van der Waals surface area contributed by atoms with Gasteiger partial charge in [0.15, 0.2) is 6.61 Å². The quantitative estimate of drug-likeness (QED) is 0.525. The number of carbonyl (C=O) groups is 3. The fourth-order valence-corrected chi connectivity index (χ4v) is 3.27. The molecule has 2 aromatic rings. The van der Waals surface area contributed by atoms with Crippen LogP contribution >= 0.6 is 0 Å². The molecule has 1 aromatic heterocycles. The predicted octanol–water partition coefficient (Wildman–Crippen LogP) is 3.53. The number of carboxylic acid groups (broad SMARTS) is 1. The Kier molecular flexibility index (Phi) is 7.58. The molecule has 30 heavy (non-hydrogen) atoms. The number of esters is 1. The Morgan fingerprint density at radius 3 is 2.30 bits per heavy atom. The first-order chi connectivity index (χ1) is 14.2. The van der Waals surface area contributed by atoms with Gasteiger partial charge >= 0.3 is 11.9 Å². The van der Waals surface area contributed by atoms with Crippen molar-refractivity contribution in [2.75, 3.05) is 13.7 Å². The van der Waals surface area contributed by atoms with Gasteiger partial charge in [0.2, 0.25) is 0 Å². The summed E-state index contributed by atoms with van der Waals surface area (Å²) < 4.78 is 11.7. The van der Waals surface area contributed by atoms with E-state index >= 15 is 0 Å². The van der Waals surface area contributed by atoms with Crippen molar-refractivity contribution in [1.82, 2.24) is 4.57 Å². The number of nitrogens with zero attached hydrogens (tertiary/aromatic N) is 1. The van der Waals surface area contributed by atoms with Crippen molar-refractivity contribution in [3.8, 4) is 0 Å². The number of hydrogen-bond acceptors (Lipinski definition) is 5. The molecule has 0 aliphatic heterocycles. The molecular weight excluding hydrogens is 386 g/mol. The van der Waals surface area contributed by atoms with Crippen molar-refractivity contribution >= 4 is 23.9 Å². The molecule has 0 amide bonds. The van der Waals surface area contributed by atoms with Gasteiger partial charge in [0, 0.05) is 22.5 Å². The van der Waals surface area contributed by atoms with E-state index in [1.807, 2.05) is 26.0 Å². The largest absolute Gasteiger partial charge is 0.501 e. The van der Waals surface area contributed by atoms with Crippen molar-refractivity contribution < 1.29 is 29.0 Å². The maximum absolute atomic E-state index is 13.3. The molecule has 0 aliphatic carbocycles. The summed E-state index contributed by atoms with van der Waals surface area (Å²) in [5.74, 6) is -1.48. The summed E-state index contributed by atoms with van der Waals surface area (Å²) in [5, 5.41) is 8.74. The van der Waals surface area contributed by atoms with Crippen molar-refractivity contribution in [2.24, 2.45) is 0 Å². The fourth-order valence-electron chi connectivity index (χ4n) is 3.27. The van der Waals surface area contributed by atoms with Crippen molar-refractivity contribution in [3.05, 3.63) is 63.7 Å². The molecule has 0 fully saturated rings. The number of aromatic nitrogens is 1. The van der Waals surface area contributed by atoms with E-state index in [9.17, 15) is 14.4 Å². The molecule has 1 heterocycles. The minimum absolute atomic E-state index is 0.150. The Labute approximate surface area is 175 Å². The summed E-state index contributed by atoms with van der Waals surface area (Å²) >= 11 is 0. The molecule has 0 bridgehead atoms. The van der Waals surface area contributed by atoms with Gasteiger partial charge in [0.1, 0.15) is 0 Å². The number of hydrogen-bond donors (Lipinski definition) is 1. The van der Waals surface area contributed by atoms with Gasteiger partial charge in [0.25, 0.3) is 5.91 Å². The Bertz CT molecular complexity index is 982. The van der Waals surface area contributed by atoms with Crippen LogP contribution in [0.4, 0.5) is 0 Å². The smallest absolute Gasteiger partial charge is 0.341 e. The molecule has 0 aliphatic rings. The molecule has 2 rings (SSSR count). The molecule has 0 radical (unpaired) electrons. The first kappa shape index (κ1) is 22.9. The zero-order valence-corrected chi connectivity index (χ0v) is 17.9. The molecule has 0 atom stereocenters. The molecule has 1 aromatic carbocycles. The van der Waals surface area contributed by atoms with Crippen LogP contribution in [0.2, 0.25) is 0 Å². The lowest BCUT2D eigenvalue weighted by Gasteiger charge is -2.10. The van der Waals surface area contributed by atoms with E-state index in [1.54, 1.807) is 43.7 Å². The number of aliphatic carboxylic acids is 1. The van der Waals surface area contributed by atoms with E-state index in [1.165, 1.54) is 0 Å². The SMILES string of the molecule is CCc1c(/C=C(\C)OC)c(CC(=O)OCC(=O)O)c(C)n1C(=O)c1ccc(C)cc1. The van der Waals surface area contributed by atoms with E-state index < -0.39 is 18.5 Å². The van der Waals surface area contributed by atoms with Gasteiger partial charge in [-0.2, -0.15) is 0 Å². The first-order valence-corrected chi connectivity index (χ1v) is 9.63. The monoisotopic (exact) mass is 413 g/mol. The Balaban J connectivity index is 2.59. The van der Waals surface area contributed by atoms with Crippen LogP contribution in [0.5, 0.6) is 0 Å². The van der Waals surface area contributed by atoms with Gasteiger partial charge in [-0.15, -0.1) is 0 Å². The zero-order valence-electron chi connectivity index (χ0n) is 17.9. The topological polar surface area (TPSA) is 94.8 Å². The van der Waals surface area contributed by atoms with Crippen LogP contribution in [-0.2, 0) is 31.9 Å². The maximum atomic E-state index is 13.3. The summed E-state index contributed by atoms with van der Waals surface area (Å²) in [6.45, 7) is 6.72. The Morgan fingerprint density at radius 2 is 1.77 bits per heavy atom. The number of aryl methyl sites for hydroxylation is 1. The van der Waals surface area contributed by atoms with E-state index in [4.69, 9.17) is 14.6 Å². The lowest BCUT2D eigenvalue weighted by molar-refractivity contribution is -0.154. The Morgan fingerprint density at radius 1 is 1.13 bits per heavy atom. The number of carboxylic acids is 1. The number of rotatable bonds is 8. The van der Waals surface area contributed by atoms with Gasteiger partial charge in [-0.25, -0.2) is 4.79 Å². The van der Waals surface area contributed by atoms with Crippen LogP contribution in [0.3, 0.4) is 0 Å². The second-order valence-electron chi connectivity index (χ2n) is 6.97. The van der Waals surface area contributed by atoms with Crippen LogP contribution in [0, 0.1) is 13.8 Å². The molecule has 0 saturated heterocycles. The molecular formula is C23H27NO6. The third kappa shape index (κ3) is 5.17.